The fraction of sp³-hybridized carbons (Fsp3) is 0.273. The van der Waals surface area contributed by atoms with Crippen LogP contribution in [-0.2, 0) is 4.74 Å². The second kappa shape index (κ2) is 8.74. The quantitative estimate of drug-likeness (QED) is 0.518. The van der Waals surface area contributed by atoms with Crippen LogP contribution in [0.15, 0.2) is 41.3 Å². The normalized spacial score (nSPS) is 14.5. The van der Waals surface area contributed by atoms with Crippen molar-refractivity contribution in [2.45, 2.75) is 19.6 Å². The third kappa shape index (κ3) is 4.19. The highest BCUT2D eigenvalue weighted by Gasteiger charge is 2.30. The summed E-state index contributed by atoms with van der Waals surface area (Å²) in [6.07, 6.45) is 1.41. The van der Waals surface area contributed by atoms with Gasteiger partial charge in [-0.15, -0.1) is 11.3 Å². The number of aryl methyl sites for hydroxylation is 1. The lowest BCUT2D eigenvalue weighted by Gasteiger charge is -2.31. The van der Waals surface area contributed by atoms with Gasteiger partial charge in [-0.05, 0) is 30.7 Å². The molecule has 1 aromatic carbocycles. The number of ether oxygens (including phenoxy) is 3. The van der Waals surface area contributed by atoms with Crippen LogP contribution >= 0.6 is 22.9 Å². The van der Waals surface area contributed by atoms with E-state index in [2.05, 4.69) is 0 Å². The molecule has 1 aliphatic rings. The molecule has 0 saturated heterocycles. The summed E-state index contributed by atoms with van der Waals surface area (Å²) in [5, 5.41) is 9.43. The molecule has 162 valence electrons. The Bertz CT molecular complexity index is 1200. The Morgan fingerprint density at radius 3 is 2.77 bits per heavy atom. The van der Waals surface area contributed by atoms with Gasteiger partial charge in [-0.25, -0.2) is 4.79 Å². The van der Waals surface area contributed by atoms with Gasteiger partial charge in [0.2, 0.25) is 6.23 Å². The van der Waals surface area contributed by atoms with Gasteiger partial charge in [-0.1, -0.05) is 11.6 Å². The highest BCUT2D eigenvalue weighted by Crippen LogP contribution is 2.44. The Kier molecular flexibility index (Phi) is 6.04. The SMILES string of the molecule is COCCCOc1cc2c(cc1C)-c1cc(=O)c(C(=O)O)cn1[C@@H](c1ccc(Cl)s1)O2. The van der Waals surface area contributed by atoms with E-state index in [1.807, 2.05) is 19.1 Å². The van der Waals surface area contributed by atoms with Gasteiger partial charge < -0.3 is 23.9 Å². The predicted molar refractivity (Wildman–Crippen MR) is 118 cm³/mol. The number of carboxylic acids is 1. The molecule has 4 rings (SSSR count). The molecular formula is C22H20ClNO6S. The molecule has 2 aromatic heterocycles. The lowest BCUT2D eigenvalue weighted by molar-refractivity contribution is 0.0693. The first-order chi connectivity index (χ1) is 14.9. The molecule has 0 radical (unpaired) electrons. The number of methoxy groups -OCH3 is 1. The molecule has 0 bridgehead atoms. The summed E-state index contributed by atoms with van der Waals surface area (Å²) in [5.74, 6) is -0.0647. The number of pyridine rings is 1. The maximum absolute atomic E-state index is 12.5. The molecule has 3 aromatic rings. The van der Waals surface area contributed by atoms with Crippen LogP contribution in [0.25, 0.3) is 11.3 Å². The molecule has 9 heteroatoms. The van der Waals surface area contributed by atoms with Gasteiger partial charge in [0.25, 0.3) is 0 Å². The van der Waals surface area contributed by atoms with E-state index in [4.69, 9.17) is 25.8 Å². The van der Waals surface area contributed by atoms with E-state index in [-0.39, 0.29) is 5.56 Å². The summed E-state index contributed by atoms with van der Waals surface area (Å²) in [4.78, 5) is 24.8. The fourth-order valence-corrected chi connectivity index (χ4v) is 4.55. The van der Waals surface area contributed by atoms with Crippen molar-refractivity contribution >= 4 is 28.9 Å². The first kappa shape index (κ1) is 21.4. The summed E-state index contributed by atoms with van der Waals surface area (Å²) >= 11 is 7.45. The topological polar surface area (TPSA) is 87.0 Å². The monoisotopic (exact) mass is 461 g/mol. The van der Waals surface area contributed by atoms with E-state index in [9.17, 15) is 14.7 Å². The lowest BCUT2D eigenvalue weighted by atomic mass is 10.0. The number of halogens is 1. The Balaban J connectivity index is 1.83. The van der Waals surface area contributed by atoms with Crippen molar-refractivity contribution in [3.05, 3.63) is 67.1 Å². The second-order valence-electron chi connectivity index (χ2n) is 7.07. The van der Waals surface area contributed by atoms with Gasteiger partial charge >= 0.3 is 5.97 Å². The van der Waals surface area contributed by atoms with Crippen molar-refractivity contribution in [2.75, 3.05) is 20.3 Å². The van der Waals surface area contributed by atoms with Gasteiger partial charge in [0.05, 0.1) is 21.5 Å². The van der Waals surface area contributed by atoms with E-state index < -0.39 is 17.6 Å². The van der Waals surface area contributed by atoms with Crippen LogP contribution in [0.5, 0.6) is 11.5 Å². The average Bonchev–Trinajstić information content (AvgIpc) is 3.16. The first-order valence-corrected chi connectivity index (χ1v) is 10.8. The molecule has 0 spiro atoms. The second-order valence-corrected chi connectivity index (χ2v) is 8.82. The lowest BCUT2D eigenvalue weighted by Crippen LogP contribution is -2.27. The molecule has 31 heavy (non-hydrogen) atoms. The number of nitrogens with zero attached hydrogens (tertiary/aromatic N) is 1. The molecule has 0 unspecified atom stereocenters. The number of rotatable bonds is 7. The van der Waals surface area contributed by atoms with Gasteiger partial charge in [0, 0.05) is 44.0 Å². The predicted octanol–water partition coefficient (Wildman–Crippen LogP) is 4.59. The third-order valence-electron chi connectivity index (χ3n) is 4.94. The summed E-state index contributed by atoms with van der Waals surface area (Å²) in [7, 11) is 1.64. The minimum absolute atomic E-state index is 0.321. The number of aromatic nitrogens is 1. The Morgan fingerprint density at radius 2 is 2.10 bits per heavy atom. The zero-order valence-corrected chi connectivity index (χ0v) is 18.5. The van der Waals surface area contributed by atoms with E-state index >= 15 is 0 Å². The van der Waals surface area contributed by atoms with Crippen molar-refractivity contribution in [3.63, 3.8) is 0 Å². The van der Waals surface area contributed by atoms with Crippen molar-refractivity contribution < 1.29 is 24.1 Å². The van der Waals surface area contributed by atoms with Crippen LogP contribution in [0.2, 0.25) is 4.34 Å². The van der Waals surface area contributed by atoms with Crippen LogP contribution in [-0.4, -0.2) is 36.0 Å². The van der Waals surface area contributed by atoms with Crippen molar-refractivity contribution in [1.82, 2.24) is 4.57 Å². The Hall–Kier alpha value is -2.81. The molecule has 0 aliphatic carbocycles. The number of fused-ring (bicyclic) bond motifs is 3. The Morgan fingerprint density at radius 1 is 1.29 bits per heavy atom. The summed E-state index contributed by atoms with van der Waals surface area (Å²) in [5.41, 5.74) is 1.25. The number of carbonyl (C=O) groups is 1. The number of aromatic carboxylic acids is 1. The molecule has 0 fully saturated rings. The maximum atomic E-state index is 12.5. The molecule has 1 N–H and O–H groups in total. The third-order valence-corrected chi connectivity index (χ3v) is 6.20. The molecular weight excluding hydrogens is 442 g/mol. The van der Waals surface area contributed by atoms with Gasteiger partial charge in [0.15, 0.2) is 5.43 Å². The van der Waals surface area contributed by atoms with Gasteiger partial charge in [-0.3, -0.25) is 4.79 Å². The van der Waals surface area contributed by atoms with E-state index in [0.29, 0.717) is 40.3 Å². The van der Waals surface area contributed by atoms with Crippen molar-refractivity contribution in [3.8, 4) is 22.8 Å². The van der Waals surface area contributed by atoms with Gasteiger partial charge in [-0.2, -0.15) is 0 Å². The molecule has 0 saturated carbocycles. The summed E-state index contributed by atoms with van der Waals surface area (Å²) in [6, 6.07) is 8.59. The minimum Gasteiger partial charge on any atom is -0.493 e. The zero-order chi connectivity index (χ0) is 22.1. The molecule has 1 atom stereocenters. The number of hydrogen-bond acceptors (Lipinski definition) is 6. The summed E-state index contributed by atoms with van der Waals surface area (Å²) in [6.45, 7) is 3.00. The maximum Gasteiger partial charge on any atom is 0.341 e. The fourth-order valence-electron chi connectivity index (χ4n) is 3.46. The van der Waals surface area contributed by atoms with Crippen LogP contribution in [0.1, 0.15) is 33.4 Å². The van der Waals surface area contributed by atoms with Crippen molar-refractivity contribution in [1.29, 1.82) is 0 Å². The van der Waals surface area contributed by atoms with Crippen LogP contribution < -0.4 is 14.9 Å². The van der Waals surface area contributed by atoms with Crippen LogP contribution in [0.3, 0.4) is 0 Å². The highest BCUT2D eigenvalue weighted by atomic mass is 35.5. The van der Waals surface area contributed by atoms with Crippen LogP contribution in [0.4, 0.5) is 0 Å². The average molecular weight is 462 g/mol. The summed E-state index contributed by atoms with van der Waals surface area (Å²) < 4.78 is 19.5. The van der Waals surface area contributed by atoms with E-state index in [1.54, 1.807) is 23.8 Å². The van der Waals surface area contributed by atoms with E-state index in [1.165, 1.54) is 23.6 Å². The molecule has 1 aliphatic heterocycles. The number of thiophene rings is 1. The standard InChI is InChI=1S/C22H20ClNO6S/c1-12-8-13-15-9-16(25)14(22(26)27)11-24(15)21(19-4-5-20(23)31-19)30-18(13)10-17(12)29-7-3-6-28-2/h4-5,8-11,21H,3,6-7H2,1-2H3,(H,26,27)/t21-/m1/s1. The first-order valence-electron chi connectivity index (χ1n) is 9.57. The number of benzene rings is 1. The largest absolute Gasteiger partial charge is 0.493 e. The molecule has 0 amide bonds. The number of carboxylic acid groups (broad SMARTS) is 1. The van der Waals surface area contributed by atoms with Gasteiger partial charge in [0.1, 0.15) is 17.1 Å². The molecule has 3 heterocycles. The minimum atomic E-state index is -1.29. The molecule has 7 nitrogen and oxygen atoms in total. The van der Waals surface area contributed by atoms with Crippen LogP contribution in [0, 0.1) is 6.92 Å². The highest BCUT2D eigenvalue weighted by molar-refractivity contribution is 7.16. The number of hydrogen-bond donors (Lipinski definition) is 1. The smallest absolute Gasteiger partial charge is 0.341 e. The zero-order valence-electron chi connectivity index (χ0n) is 16.9. The van der Waals surface area contributed by atoms with E-state index in [0.717, 1.165) is 16.9 Å². The van der Waals surface area contributed by atoms with Crippen molar-refractivity contribution in [2.24, 2.45) is 0 Å². The Labute approximate surface area is 187 Å².